The number of halogens is 1. The second-order valence-electron chi connectivity index (χ2n) is 5.58. The summed E-state index contributed by atoms with van der Waals surface area (Å²) in [5.41, 5.74) is 0.938. The predicted octanol–water partition coefficient (Wildman–Crippen LogP) is 4.19. The number of esters is 2. The average Bonchev–Trinajstić information content (AvgIpc) is 3.05. The quantitative estimate of drug-likeness (QED) is 0.478. The van der Waals surface area contributed by atoms with Crippen LogP contribution in [0.5, 0.6) is 11.5 Å². The topological polar surface area (TPSA) is 84.2 Å². The van der Waals surface area contributed by atoms with Gasteiger partial charge in [-0.2, -0.15) is 0 Å². The SMILES string of the molecule is CCOc1cc(/C=C/C(=O)OCc2cc(C(=O)OC)c(C)o2)cc(Cl)c1OC. The fourth-order valence-corrected chi connectivity index (χ4v) is 2.72. The minimum Gasteiger partial charge on any atom is -0.491 e. The molecule has 0 saturated carbocycles. The first-order chi connectivity index (χ1) is 13.4. The van der Waals surface area contributed by atoms with Crippen molar-refractivity contribution in [3.8, 4) is 11.5 Å². The van der Waals surface area contributed by atoms with E-state index in [0.29, 0.717) is 45.8 Å². The molecule has 0 amide bonds. The normalized spacial score (nSPS) is 10.8. The molecule has 1 aromatic heterocycles. The van der Waals surface area contributed by atoms with Crippen molar-refractivity contribution in [2.24, 2.45) is 0 Å². The lowest BCUT2D eigenvalue weighted by Gasteiger charge is -2.11. The number of ether oxygens (including phenoxy) is 4. The Hall–Kier alpha value is -2.93. The maximum Gasteiger partial charge on any atom is 0.341 e. The smallest absolute Gasteiger partial charge is 0.341 e. The largest absolute Gasteiger partial charge is 0.491 e. The molecule has 0 atom stereocenters. The van der Waals surface area contributed by atoms with Crippen LogP contribution in [0.2, 0.25) is 5.02 Å². The van der Waals surface area contributed by atoms with E-state index in [1.807, 2.05) is 6.92 Å². The minimum atomic E-state index is -0.585. The van der Waals surface area contributed by atoms with E-state index in [1.165, 1.54) is 26.4 Å². The highest BCUT2D eigenvalue weighted by Crippen LogP contribution is 2.36. The molecule has 0 aliphatic carbocycles. The molecule has 0 fully saturated rings. The summed E-state index contributed by atoms with van der Waals surface area (Å²) < 4.78 is 25.9. The zero-order valence-electron chi connectivity index (χ0n) is 16.0. The minimum absolute atomic E-state index is 0.116. The van der Waals surface area contributed by atoms with Crippen LogP contribution in [0.4, 0.5) is 0 Å². The molecule has 7 nitrogen and oxygen atoms in total. The van der Waals surface area contributed by atoms with Gasteiger partial charge in [0.15, 0.2) is 11.5 Å². The van der Waals surface area contributed by atoms with Crippen LogP contribution >= 0.6 is 11.6 Å². The molecule has 0 spiro atoms. The van der Waals surface area contributed by atoms with Crippen molar-refractivity contribution in [3.63, 3.8) is 0 Å². The van der Waals surface area contributed by atoms with Crippen LogP contribution in [0.15, 0.2) is 28.7 Å². The zero-order valence-corrected chi connectivity index (χ0v) is 16.8. The van der Waals surface area contributed by atoms with Crippen molar-refractivity contribution >= 4 is 29.6 Å². The summed E-state index contributed by atoms with van der Waals surface area (Å²) in [5.74, 6) is 0.541. The third-order valence-corrected chi connectivity index (χ3v) is 3.96. The van der Waals surface area contributed by atoms with Crippen molar-refractivity contribution in [2.75, 3.05) is 20.8 Å². The molecule has 1 heterocycles. The fourth-order valence-electron chi connectivity index (χ4n) is 2.43. The van der Waals surface area contributed by atoms with Crippen LogP contribution in [0.25, 0.3) is 6.08 Å². The third kappa shape index (κ3) is 5.29. The molecule has 0 radical (unpaired) electrons. The number of aryl methyl sites for hydroxylation is 1. The highest BCUT2D eigenvalue weighted by atomic mass is 35.5. The summed E-state index contributed by atoms with van der Waals surface area (Å²) in [6.45, 7) is 3.79. The molecule has 2 rings (SSSR count). The first kappa shape index (κ1) is 21.4. The standard InChI is InChI=1S/C20H21ClO7/c1-5-26-17-9-13(8-16(21)19(17)24-3)6-7-18(22)27-11-14-10-15(12(2)28-14)20(23)25-4/h6-10H,5,11H2,1-4H3/b7-6+. The van der Waals surface area contributed by atoms with Gasteiger partial charge in [0.1, 0.15) is 23.7 Å². The summed E-state index contributed by atoms with van der Waals surface area (Å²) >= 11 is 6.18. The fraction of sp³-hybridized carbons (Fsp3) is 0.300. The van der Waals surface area contributed by atoms with Crippen LogP contribution < -0.4 is 9.47 Å². The van der Waals surface area contributed by atoms with E-state index in [1.54, 1.807) is 25.1 Å². The highest BCUT2D eigenvalue weighted by Gasteiger charge is 2.16. The molecule has 0 bridgehead atoms. The van der Waals surface area contributed by atoms with Gasteiger partial charge in [0.2, 0.25) is 0 Å². The molecular formula is C20H21ClO7. The van der Waals surface area contributed by atoms with Gasteiger partial charge in [0.05, 0.1) is 25.8 Å². The third-order valence-electron chi connectivity index (χ3n) is 3.68. The van der Waals surface area contributed by atoms with Gasteiger partial charge in [-0.1, -0.05) is 11.6 Å². The van der Waals surface area contributed by atoms with Gasteiger partial charge in [-0.3, -0.25) is 0 Å². The number of methoxy groups -OCH3 is 2. The lowest BCUT2D eigenvalue weighted by atomic mass is 10.2. The Morgan fingerprint density at radius 1 is 1.21 bits per heavy atom. The molecule has 8 heteroatoms. The summed E-state index contributed by atoms with van der Waals surface area (Å²) in [5, 5.41) is 0.364. The first-order valence-corrected chi connectivity index (χ1v) is 8.80. The van der Waals surface area contributed by atoms with Crippen LogP contribution in [-0.4, -0.2) is 32.8 Å². The van der Waals surface area contributed by atoms with Crippen LogP contribution in [0.3, 0.4) is 0 Å². The van der Waals surface area contributed by atoms with Gasteiger partial charge in [-0.15, -0.1) is 0 Å². The molecule has 150 valence electrons. The van der Waals surface area contributed by atoms with Crippen molar-refractivity contribution in [3.05, 3.63) is 51.9 Å². The van der Waals surface area contributed by atoms with E-state index in [2.05, 4.69) is 4.74 Å². The summed E-state index contributed by atoms with van der Waals surface area (Å²) in [4.78, 5) is 23.5. The van der Waals surface area contributed by atoms with E-state index in [0.717, 1.165) is 0 Å². The molecule has 2 aromatic rings. The Balaban J connectivity index is 2.03. The lowest BCUT2D eigenvalue weighted by Crippen LogP contribution is -2.01. The first-order valence-electron chi connectivity index (χ1n) is 8.42. The molecule has 0 N–H and O–H groups in total. The molecule has 1 aromatic carbocycles. The Morgan fingerprint density at radius 3 is 2.61 bits per heavy atom. The van der Waals surface area contributed by atoms with E-state index in [9.17, 15) is 9.59 Å². The van der Waals surface area contributed by atoms with Crippen molar-refractivity contribution in [1.82, 2.24) is 0 Å². The number of furan rings is 1. The van der Waals surface area contributed by atoms with Crippen molar-refractivity contribution < 1.29 is 33.0 Å². The zero-order chi connectivity index (χ0) is 20.7. The number of benzene rings is 1. The Kier molecular flexibility index (Phi) is 7.52. The maximum atomic E-state index is 12.0. The predicted molar refractivity (Wildman–Crippen MR) is 103 cm³/mol. The van der Waals surface area contributed by atoms with Crippen LogP contribution in [0.1, 0.15) is 34.4 Å². The summed E-state index contributed by atoms with van der Waals surface area (Å²) in [6.07, 6.45) is 2.80. The van der Waals surface area contributed by atoms with Crippen LogP contribution in [-0.2, 0) is 20.9 Å². The summed E-state index contributed by atoms with van der Waals surface area (Å²) in [6, 6.07) is 4.83. The van der Waals surface area contributed by atoms with Gasteiger partial charge in [0.25, 0.3) is 0 Å². The van der Waals surface area contributed by atoms with Crippen LogP contribution in [0, 0.1) is 6.92 Å². The second-order valence-corrected chi connectivity index (χ2v) is 5.99. The lowest BCUT2D eigenvalue weighted by molar-refractivity contribution is -0.139. The van der Waals surface area contributed by atoms with Gasteiger partial charge in [-0.05, 0) is 43.7 Å². The Morgan fingerprint density at radius 2 is 1.96 bits per heavy atom. The van der Waals surface area contributed by atoms with Crippen molar-refractivity contribution in [1.29, 1.82) is 0 Å². The molecule has 0 saturated heterocycles. The van der Waals surface area contributed by atoms with E-state index in [4.69, 9.17) is 30.2 Å². The number of carbonyl (C=O) groups is 2. The second kappa shape index (κ2) is 9.85. The van der Waals surface area contributed by atoms with Gasteiger partial charge in [0, 0.05) is 6.08 Å². The Labute approximate surface area is 167 Å². The van der Waals surface area contributed by atoms with Crippen molar-refractivity contribution in [2.45, 2.75) is 20.5 Å². The molecule has 0 unspecified atom stereocenters. The molecule has 28 heavy (non-hydrogen) atoms. The van der Waals surface area contributed by atoms with Gasteiger partial charge < -0.3 is 23.4 Å². The maximum absolute atomic E-state index is 12.0. The number of hydrogen-bond acceptors (Lipinski definition) is 7. The monoisotopic (exact) mass is 408 g/mol. The molecule has 0 aliphatic heterocycles. The van der Waals surface area contributed by atoms with E-state index >= 15 is 0 Å². The number of hydrogen-bond donors (Lipinski definition) is 0. The van der Waals surface area contributed by atoms with E-state index < -0.39 is 11.9 Å². The number of rotatable bonds is 8. The highest BCUT2D eigenvalue weighted by molar-refractivity contribution is 6.32. The molecular weight excluding hydrogens is 388 g/mol. The molecule has 0 aliphatic rings. The Bertz CT molecular complexity index is 883. The average molecular weight is 409 g/mol. The summed E-state index contributed by atoms with van der Waals surface area (Å²) in [7, 11) is 2.78. The number of carbonyl (C=O) groups excluding carboxylic acids is 2. The van der Waals surface area contributed by atoms with E-state index in [-0.39, 0.29) is 6.61 Å². The van der Waals surface area contributed by atoms with Gasteiger partial charge in [-0.25, -0.2) is 9.59 Å². The van der Waals surface area contributed by atoms with Gasteiger partial charge >= 0.3 is 11.9 Å².